The molecule has 4 rings (SSSR count). The third-order valence-corrected chi connectivity index (χ3v) is 6.58. The SMILES string of the molecule is O=C(CSc1ccc(NC(=O)/C(=C/c2ccccc2[N+](=O)[O-])NC(=O)c2ccccc2)cc1)Nc1ccc(F)cc1. The molecule has 0 bridgehead atoms. The summed E-state index contributed by atoms with van der Waals surface area (Å²) in [6.45, 7) is 0. The number of hydrogen-bond donors (Lipinski definition) is 3. The second kappa shape index (κ2) is 13.7. The number of hydrogen-bond acceptors (Lipinski definition) is 6. The average Bonchev–Trinajstić information content (AvgIpc) is 2.98. The van der Waals surface area contributed by atoms with E-state index < -0.39 is 22.6 Å². The molecular formula is C30H23FN4O5S. The van der Waals surface area contributed by atoms with E-state index in [-0.39, 0.29) is 28.6 Å². The minimum Gasteiger partial charge on any atom is -0.325 e. The summed E-state index contributed by atoms with van der Waals surface area (Å²) in [5, 5.41) is 19.4. The second-order valence-electron chi connectivity index (χ2n) is 8.52. The number of benzene rings is 4. The molecule has 11 heteroatoms. The van der Waals surface area contributed by atoms with E-state index in [4.69, 9.17) is 0 Å². The Morgan fingerprint density at radius 1 is 0.805 bits per heavy atom. The van der Waals surface area contributed by atoms with Crippen molar-refractivity contribution in [2.45, 2.75) is 4.90 Å². The van der Waals surface area contributed by atoms with Crippen LogP contribution in [0.25, 0.3) is 6.08 Å². The van der Waals surface area contributed by atoms with Crippen molar-refractivity contribution in [3.05, 3.63) is 136 Å². The highest BCUT2D eigenvalue weighted by atomic mass is 32.2. The van der Waals surface area contributed by atoms with E-state index in [2.05, 4.69) is 16.0 Å². The molecule has 0 aliphatic carbocycles. The number of amides is 3. The summed E-state index contributed by atoms with van der Waals surface area (Å²) in [5.74, 6) is -1.80. The van der Waals surface area contributed by atoms with Crippen LogP contribution in [0.3, 0.4) is 0 Å². The Labute approximate surface area is 238 Å². The molecule has 0 radical (unpaired) electrons. The van der Waals surface area contributed by atoms with Crippen LogP contribution < -0.4 is 16.0 Å². The second-order valence-corrected chi connectivity index (χ2v) is 9.57. The predicted octanol–water partition coefficient (Wildman–Crippen LogP) is 5.87. The zero-order valence-corrected chi connectivity index (χ0v) is 22.2. The van der Waals surface area contributed by atoms with E-state index in [1.807, 2.05) is 0 Å². The number of halogens is 1. The van der Waals surface area contributed by atoms with Gasteiger partial charge in [0.25, 0.3) is 17.5 Å². The van der Waals surface area contributed by atoms with Gasteiger partial charge in [-0.25, -0.2) is 4.39 Å². The molecule has 0 aliphatic heterocycles. The topological polar surface area (TPSA) is 130 Å². The van der Waals surface area contributed by atoms with E-state index in [1.54, 1.807) is 60.7 Å². The molecule has 0 spiro atoms. The standard InChI is InChI=1S/C30H23FN4O5S/c31-22-10-12-23(13-11-22)32-28(36)19-41-25-16-14-24(15-17-25)33-30(38)26(34-29(37)20-6-2-1-3-7-20)18-21-8-4-5-9-27(21)35(39)40/h1-18H,19H2,(H,32,36)(H,33,38)(H,34,37)/b26-18-. The van der Waals surface area contributed by atoms with E-state index in [9.17, 15) is 28.9 Å². The van der Waals surface area contributed by atoms with E-state index in [0.717, 1.165) is 4.90 Å². The van der Waals surface area contributed by atoms with Gasteiger partial charge in [-0.05, 0) is 72.8 Å². The first-order valence-electron chi connectivity index (χ1n) is 12.2. The van der Waals surface area contributed by atoms with Gasteiger partial charge >= 0.3 is 0 Å². The normalized spacial score (nSPS) is 10.9. The van der Waals surface area contributed by atoms with Crippen LogP contribution in [0.4, 0.5) is 21.5 Å². The number of rotatable bonds is 10. The number of nitro groups is 1. The van der Waals surface area contributed by atoms with Gasteiger partial charge in [0.15, 0.2) is 0 Å². The van der Waals surface area contributed by atoms with Crippen LogP contribution in [-0.2, 0) is 9.59 Å². The molecule has 0 heterocycles. The summed E-state index contributed by atoms with van der Waals surface area (Å²) in [4.78, 5) is 49.9. The number of nitrogens with zero attached hydrogens (tertiary/aromatic N) is 1. The van der Waals surface area contributed by atoms with Gasteiger partial charge in [-0.1, -0.05) is 30.3 Å². The van der Waals surface area contributed by atoms with Crippen LogP contribution >= 0.6 is 11.8 Å². The lowest BCUT2D eigenvalue weighted by atomic mass is 10.1. The highest BCUT2D eigenvalue weighted by Crippen LogP contribution is 2.23. The van der Waals surface area contributed by atoms with Crippen molar-refractivity contribution in [1.82, 2.24) is 5.32 Å². The summed E-state index contributed by atoms with van der Waals surface area (Å²) >= 11 is 1.27. The first kappa shape index (κ1) is 28.7. The summed E-state index contributed by atoms with van der Waals surface area (Å²) in [6, 6.07) is 26.2. The van der Waals surface area contributed by atoms with Gasteiger partial charge in [-0.2, -0.15) is 0 Å². The number of carbonyl (C=O) groups is 3. The molecule has 0 unspecified atom stereocenters. The number of carbonyl (C=O) groups excluding carboxylic acids is 3. The molecule has 4 aromatic rings. The molecular weight excluding hydrogens is 547 g/mol. The van der Waals surface area contributed by atoms with Crippen LogP contribution in [0.2, 0.25) is 0 Å². The molecule has 0 aliphatic rings. The highest BCUT2D eigenvalue weighted by molar-refractivity contribution is 8.00. The number of nitro benzene ring substituents is 1. The van der Waals surface area contributed by atoms with Crippen LogP contribution in [0.15, 0.2) is 114 Å². The molecule has 0 aromatic heterocycles. The van der Waals surface area contributed by atoms with Crippen LogP contribution in [0.5, 0.6) is 0 Å². The molecule has 0 saturated carbocycles. The fraction of sp³-hybridized carbons (Fsp3) is 0.0333. The monoisotopic (exact) mass is 570 g/mol. The van der Waals surface area contributed by atoms with Gasteiger partial charge in [0, 0.05) is 27.9 Å². The Kier molecular flexibility index (Phi) is 9.57. The zero-order valence-electron chi connectivity index (χ0n) is 21.4. The number of nitrogens with one attached hydrogen (secondary N) is 3. The molecule has 0 atom stereocenters. The Morgan fingerprint density at radius 3 is 2.10 bits per heavy atom. The van der Waals surface area contributed by atoms with Crippen LogP contribution in [0.1, 0.15) is 15.9 Å². The zero-order chi connectivity index (χ0) is 29.2. The van der Waals surface area contributed by atoms with Gasteiger partial charge in [0.05, 0.1) is 16.2 Å². The summed E-state index contributed by atoms with van der Waals surface area (Å²) in [5.41, 5.74) is 0.914. The molecule has 3 N–H and O–H groups in total. The molecule has 41 heavy (non-hydrogen) atoms. The molecule has 3 amide bonds. The molecule has 9 nitrogen and oxygen atoms in total. The Bertz CT molecular complexity index is 1590. The van der Waals surface area contributed by atoms with Crippen molar-refractivity contribution >= 4 is 52.6 Å². The minimum absolute atomic E-state index is 0.108. The van der Waals surface area contributed by atoms with Gasteiger partial charge in [-0.3, -0.25) is 24.5 Å². The Morgan fingerprint density at radius 2 is 1.41 bits per heavy atom. The third kappa shape index (κ3) is 8.35. The summed E-state index contributed by atoms with van der Waals surface area (Å²) in [7, 11) is 0. The lowest BCUT2D eigenvalue weighted by molar-refractivity contribution is -0.385. The quantitative estimate of drug-likeness (QED) is 0.0946. The van der Waals surface area contributed by atoms with Crippen molar-refractivity contribution in [2.75, 3.05) is 16.4 Å². The maximum absolute atomic E-state index is 13.2. The lowest BCUT2D eigenvalue weighted by Gasteiger charge is -2.12. The largest absolute Gasteiger partial charge is 0.325 e. The van der Waals surface area contributed by atoms with Gasteiger partial charge in [-0.15, -0.1) is 11.8 Å². The molecule has 4 aromatic carbocycles. The van der Waals surface area contributed by atoms with E-state index >= 15 is 0 Å². The van der Waals surface area contributed by atoms with Crippen molar-refractivity contribution in [2.24, 2.45) is 0 Å². The van der Waals surface area contributed by atoms with Gasteiger partial charge < -0.3 is 16.0 Å². The average molecular weight is 571 g/mol. The van der Waals surface area contributed by atoms with Crippen LogP contribution in [-0.4, -0.2) is 28.4 Å². The molecule has 0 fully saturated rings. The highest BCUT2D eigenvalue weighted by Gasteiger charge is 2.18. The fourth-order valence-electron chi connectivity index (χ4n) is 3.59. The van der Waals surface area contributed by atoms with Gasteiger partial charge in [0.1, 0.15) is 11.5 Å². The fourth-order valence-corrected chi connectivity index (χ4v) is 4.28. The van der Waals surface area contributed by atoms with Crippen molar-refractivity contribution in [3.8, 4) is 0 Å². The van der Waals surface area contributed by atoms with E-state index in [1.165, 1.54) is 60.3 Å². The predicted molar refractivity (Wildman–Crippen MR) is 156 cm³/mol. The maximum Gasteiger partial charge on any atom is 0.276 e. The number of thioether (sulfide) groups is 1. The maximum atomic E-state index is 13.2. The third-order valence-electron chi connectivity index (χ3n) is 5.57. The summed E-state index contributed by atoms with van der Waals surface area (Å²) < 4.78 is 13.0. The van der Waals surface area contributed by atoms with Crippen molar-refractivity contribution in [1.29, 1.82) is 0 Å². The number of anilines is 2. The lowest BCUT2D eigenvalue weighted by Crippen LogP contribution is -2.30. The van der Waals surface area contributed by atoms with Gasteiger partial charge in [0.2, 0.25) is 5.91 Å². The van der Waals surface area contributed by atoms with Crippen LogP contribution in [0, 0.1) is 15.9 Å². The minimum atomic E-state index is -0.688. The Hall–Kier alpha value is -5.29. The number of para-hydroxylation sites is 1. The first-order valence-corrected chi connectivity index (χ1v) is 13.2. The smallest absolute Gasteiger partial charge is 0.276 e. The Balaban J connectivity index is 1.45. The van der Waals surface area contributed by atoms with Crippen molar-refractivity contribution in [3.63, 3.8) is 0 Å². The molecule has 0 saturated heterocycles. The molecule has 206 valence electrons. The first-order chi connectivity index (χ1) is 19.8. The van der Waals surface area contributed by atoms with Crippen molar-refractivity contribution < 1.29 is 23.7 Å². The summed E-state index contributed by atoms with van der Waals surface area (Å²) in [6.07, 6.45) is 1.25. The van der Waals surface area contributed by atoms with E-state index in [0.29, 0.717) is 16.9 Å².